The summed E-state index contributed by atoms with van der Waals surface area (Å²) in [5.74, 6) is -0.641. The van der Waals surface area contributed by atoms with E-state index in [-0.39, 0.29) is 30.4 Å². The van der Waals surface area contributed by atoms with Crippen molar-refractivity contribution in [2.45, 2.75) is 65.3 Å². The summed E-state index contributed by atoms with van der Waals surface area (Å²) in [5.41, 5.74) is -0.593. The van der Waals surface area contributed by atoms with Gasteiger partial charge in [0.15, 0.2) is 0 Å². The van der Waals surface area contributed by atoms with Crippen molar-refractivity contribution in [3.63, 3.8) is 0 Å². The Hall–Kier alpha value is -1.10. The average molecular weight is 299 g/mol. The molecule has 0 spiro atoms. The van der Waals surface area contributed by atoms with Crippen molar-refractivity contribution < 1.29 is 19.8 Å². The average Bonchev–Trinajstić information content (AvgIpc) is 2.88. The summed E-state index contributed by atoms with van der Waals surface area (Å²) in [6.07, 6.45) is 4.76. The normalized spacial score (nSPS) is 21.5. The molecule has 1 amide bonds. The first-order valence-corrected chi connectivity index (χ1v) is 7.94. The lowest BCUT2D eigenvalue weighted by Gasteiger charge is -2.31. The van der Waals surface area contributed by atoms with Crippen LogP contribution in [-0.4, -0.2) is 34.7 Å². The van der Waals surface area contributed by atoms with E-state index in [2.05, 4.69) is 5.32 Å². The van der Waals surface area contributed by atoms with Crippen LogP contribution in [0.25, 0.3) is 0 Å². The lowest BCUT2D eigenvalue weighted by Crippen LogP contribution is -2.40. The number of nitrogens with one attached hydrogen (secondary N) is 1. The molecule has 0 saturated heterocycles. The molecule has 21 heavy (non-hydrogen) atoms. The van der Waals surface area contributed by atoms with Gasteiger partial charge in [0, 0.05) is 19.6 Å². The number of hydrogen-bond acceptors (Lipinski definition) is 3. The largest absolute Gasteiger partial charge is 0.481 e. The van der Waals surface area contributed by atoms with Crippen LogP contribution in [0.2, 0.25) is 0 Å². The quantitative estimate of drug-likeness (QED) is 0.641. The summed E-state index contributed by atoms with van der Waals surface area (Å²) in [5, 5.41) is 22.0. The molecule has 122 valence electrons. The zero-order valence-corrected chi connectivity index (χ0v) is 13.4. The molecule has 3 atom stereocenters. The maximum Gasteiger partial charge on any atom is 0.309 e. The number of carboxylic acid groups (broad SMARTS) is 1. The maximum absolute atomic E-state index is 11.6. The highest BCUT2D eigenvalue weighted by atomic mass is 16.4. The molecule has 0 radical (unpaired) electrons. The number of aliphatic carboxylic acids is 1. The Morgan fingerprint density at radius 1 is 1.24 bits per heavy atom. The fourth-order valence-corrected chi connectivity index (χ4v) is 3.47. The van der Waals surface area contributed by atoms with Crippen LogP contribution >= 0.6 is 0 Å². The summed E-state index contributed by atoms with van der Waals surface area (Å²) in [7, 11) is 0. The molecule has 3 N–H and O–H groups in total. The minimum atomic E-state index is -0.695. The van der Waals surface area contributed by atoms with E-state index in [0.29, 0.717) is 12.8 Å². The summed E-state index contributed by atoms with van der Waals surface area (Å²) < 4.78 is 0. The molecular formula is C16H29NO4. The van der Waals surface area contributed by atoms with Gasteiger partial charge in [0.05, 0.1) is 5.41 Å². The number of aliphatic hydroxyl groups excluding tert-OH is 1. The molecule has 1 aliphatic rings. The third-order valence-electron chi connectivity index (χ3n) is 5.21. The number of carbonyl (C=O) groups is 2. The molecule has 5 heteroatoms. The molecule has 0 aromatic rings. The van der Waals surface area contributed by atoms with Gasteiger partial charge in [-0.1, -0.05) is 19.8 Å². The molecule has 1 saturated carbocycles. The second kappa shape index (κ2) is 7.78. The number of carbonyl (C=O) groups excluding carboxylic acids is 1. The van der Waals surface area contributed by atoms with Gasteiger partial charge >= 0.3 is 5.97 Å². The number of rotatable bonds is 8. The molecule has 0 aliphatic heterocycles. The third-order valence-corrected chi connectivity index (χ3v) is 5.21. The predicted octanol–water partition coefficient (Wildman–Crippen LogP) is 2.18. The van der Waals surface area contributed by atoms with Crippen molar-refractivity contribution in [3.05, 3.63) is 0 Å². The molecule has 0 bridgehead atoms. The highest BCUT2D eigenvalue weighted by molar-refractivity contribution is 5.75. The van der Waals surface area contributed by atoms with Crippen LogP contribution < -0.4 is 5.32 Å². The van der Waals surface area contributed by atoms with Gasteiger partial charge in [-0.2, -0.15) is 0 Å². The van der Waals surface area contributed by atoms with E-state index in [1.54, 1.807) is 0 Å². The van der Waals surface area contributed by atoms with Crippen molar-refractivity contribution in [2.75, 3.05) is 6.61 Å². The molecule has 5 nitrogen and oxygen atoms in total. The monoisotopic (exact) mass is 299 g/mol. The molecule has 0 heterocycles. The highest BCUT2D eigenvalue weighted by Crippen LogP contribution is 2.43. The first-order valence-electron chi connectivity index (χ1n) is 7.94. The standard InChI is InChI=1S/C16H29NO4/c1-11(12(2)17-13(3)19)14(10-18)6-9-16(15(20)21)7-4-5-8-16/h11-12,14,18H,4-10H2,1-3H3,(H,17,19)(H,20,21). The Labute approximate surface area is 127 Å². The van der Waals surface area contributed by atoms with Crippen molar-refractivity contribution in [1.82, 2.24) is 5.32 Å². The van der Waals surface area contributed by atoms with Gasteiger partial charge in [0.1, 0.15) is 0 Å². The fourth-order valence-electron chi connectivity index (χ4n) is 3.47. The summed E-state index contributed by atoms with van der Waals surface area (Å²) in [6, 6.07) is -0.0241. The van der Waals surface area contributed by atoms with Gasteiger partial charge in [-0.05, 0) is 44.4 Å². The topological polar surface area (TPSA) is 86.6 Å². The SMILES string of the molecule is CC(=O)NC(C)C(C)C(CO)CCC1(C(=O)O)CCCC1. The van der Waals surface area contributed by atoms with E-state index < -0.39 is 11.4 Å². The van der Waals surface area contributed by atoms with Crippen LogP contribution in [0, 0.1) is 17.3 Å². The Morgan fingerprint density at radius 3 is 2.24 bits per heavy atom. The molecule has 0 aromatic carbocycles. The second-order valence-corrected chi connectivity index (χ2v) is 6.62. The number of aliphatic hydroxyl groups is 1. The molecule has 3 unspecified atom stereocenters. The van der Waals surface area contributed by atoms with E-state index in [9.17, 15) is 19.8 Å². The third kappa shape index (κ3) is 4.70. The van der Waals surface area contributed by atoms with Gasteiger partial charge in [0.25, 0.3) is 0 Å². The number of carboxylic acids is 1. The van der Waals surface area contributed by atoms with Crippen LogP contribution in [0.3, 0.4) is 0 Å². The molecule has 1 rings (SSSR count). The first-order chi connectivity index (χ1) is 9.82. The Morgan fingerprint density at radius 2 is 1.81 bits per heavy atom. The lowest BCUT2D eigenvalue weighted by atomic mass is 9.76. The lowest BCUT2D eigenvalue weighted by molar-refractivity contribution is -0.149. The molecule has 0 aromatic heterocycles. The van der Waals surface area contributed by atoms with E-state index in [1.165, 1.54) is 6.92 Å². The number of hydrogen-bond donors (Lipinski definition) is 3. The van der Waals surface area contributed by atoms with E-state index in [1.807, 2.05) is 13.8 Å². The molecule has 1 fully saturated rings. The van der Waals surface area contributed by atoms with Crippen LogP contribution in [0.1, 0.15) is 59.3 Å². The van der Waals surface area contributed by atoms with E-state index in [0.717, 1.165) is 25.7 Å². The van der Waals surface area contributed by atoms with Crippen LogP contribution in [0.5, 0.6) is 0 Å². The highest BCUT2D eigenvalue weighted by Gasteiger charge is 2.41. The Bertz CT molecular complexity index is 363. The predicted molar refractivity (Wildman–Crippen MR) is 80.8 cm³/mol. The first kappa shape index (κ1) is 18.0. The van der Waals surface area contributed by atoms with Gasteiger partial charge in [-0.15, -0.1) is 0 Å². The van der Waals surface area contributed by atoms with Gasteiger partial charge in [-0.25, -0.2) is 0 Å². The smallest absolute Gasteiger partial charge is 0.309 e. The summed E-state index contributed by atoms with van der Waals surface area (Å²) in [6.45, 7) is 5.44. The maximum atomic E-state index is 11.6. The van der Waals surface area contributed by atoms with Gasteiger partial charge in [0.2, 0.25) is 5.91 Å². The molecular weight excluding hydrogens is 270 g/mol. The zero-order chi connectivity index (χ0) is 16.0. The molecule has 1 aliphatic carbocycles. The van der Waals surface area contributed by atoms with Crippen molar-refractivity contribution in [3.8, 4) is 0 Å². The Kier molecular flexibility index (Phi) is 6.65. The second-order valence-electron chi connectivity index (χ2n) is 6.62. The number of amides is 1. The van der Waals surface area contributed by atoms with E-state index in [4.69, 9.17) is 0 Å². The van der Waals surface area contributed by atoms with Crippen molar-refractivity contribution in [1.29, 1.82) is 0 Å². The van der Waals surface area contributed by atoms with Crippen molar-refractivity contribution >= 4 is 11.9 Å². The van der Waals surface area contributed by atoms with Crippen LogP contribution in [0.4, 0.5) is 0 Å². The van der Waals surface area contributed by atoms with Crippen molar-refractivity contribution in [2.24, 2.45) is 17.3 Å². The van der Waals surface area contributed by atoms with E-state index >= 15 is 0 Å². The van der Waals surface area contributed by atoms with Gasteiger partial charge in [-0.3, -0.25) is 9.59 Å². The zero-order valence-electron chi connectivity index (χ0n) is 13.4. The van der Waals surface area contributed by atoms with Crippen LogP contribution in [-0.2, 0) is 9.59 Å². The summed E-state index contributed by atoms with van der Waals surface area (Å²) >= 11 is 0. The van der Waals surface area contributed by atoms with Crippen LogP contribution in [0.15, 0.2) is 0 Å². The van der Waals surface area contributed by atoms with Gasteiger partial charge < -0.3 is 15.5 Å². The Balaban J connectivity index is 2.60. The minimum Gasteiger partial charge on any atom is -0.481 e. The summed E-state index contributed by atoms with van der Waals surface area (Å²) in [4.78, 5) is 22.7. The minimum absolute atomic E-state index is 0.0173. The fraction of sp³-hybridized carbons (Fsp3) is 0.875.